The minimum atomic E-state index is -3.71. The first-order valence-corrected chi connectivity index (χ1v) is 11.6. The molecule has 156 valence electrons. The summed E-state index contributed by atoms with van der Waals surface area (Å²) in [4.78, 5) is 2.06. The topological polar surface area (TPSA) is 66.4 Å². The van der Waals surface area contributed by atoms with E-state index in [1.54, 1.807) is 6.07 Å². The molecule has 1 aliphatic heterocycles. The van der Waals surface area contributed by atoms with Crippen molar-refractivity contribution in [2.75, 3.05) is 31.1 Å². The molecule has 0 aliphatic carbocycles. The van der Waals surface area contributed by atoms with Crippen molar-refractivity contribution < 1.29 is 8.42 Å². The predicted molar refractivity (Wildman–Crippen MR) is 120 cm³/mol. The highest BCUT2D eigenvalue weighted by molar-refractivity contribution is 7.89. The van der Waals surface area contributed by atoms with Gasteiger partial charge in [-0.1, -0.05) is 53.0 Å². The van der Waals surface area contributed by atoms with Gasteiger partial charge in [0, 0.05) is 36.8 Å². The van der Waals surface area contributed by atoms with E-state index in [2.05, 4.69) is 10.2 Å². The van der Waals surface area contributed by atoms with Gasteiger partial charge in [-0.3, -0.25) is 0 Å². The zero-order valence-corrected chi connectivity index (χ0v) is 18.6. The minimum Gasteiger partial charge on any atom is -0.352 e. The lowest BCUT2D eigenvalue weighted by Crippen LogP contribution is -2.49. The van der Waals surface area contributed by atoms with E-state index < -0.39 is 10.0 Å². The lowest BCUT2D eigenvalue weighted by atomic mass is 10.1. The van der Waals surface area contributed by atoms with Crippen LogP contribution in [0.4, 0.5) is 5.82 Å². The molecule has 30 heavy (non-hydrogen) atoms. The molecular weight excluding hydrogens is 443 g/mol. The van der Waals surface area contributed by atoms with Crippen LogP contribution in [0.1, 0.15) is 5.56 Å². The molecule has 1 fully saturated rings. The van der Waals surface area contributed by atoms with Gasteiger partial charge in [0.15, 0.2) is 5.82 Å². The summed E-state index contributed by atoms with van der Waals surface area (Å²) < 4.78 is 27.4. The second-order valence-electron chi connectivity index (χ2n) is 7.11. The van der Waals surface area contributed by atoms with Gasteiger partial charge in [0.25, 0.3) is 0 Å². The van der Waals surface area contributed by atoms with Crippen LogP contribution >= 0.6 is 23.2 Å². The number of nitrogens with zero attached hydrogens (tertiary/aromatic N) is 4. The number of hydrogen-bond acceptors (Lipinski definition) is 5. The molecule has 2 heterocycles. The number of sulfonamides is 1. The summed E-state index contributed by atoms with van der Waals surface area (Å²) in [6.45, 7) is 3.71. The van der Waals surface area contributed by atoms with Crippen LogP contribution < -0.4 is 4.90 Å². The number of hydrogen-bond donors (Lipinski definition) is 0. The standard InChI is InChI=1S/C21H20Cl2N4O2S/c1-15-2-4-16(5-3-15)19-8-9-21(25-24-19)26-10-12-27(13-11-26)30(28,29)20-14-17(22)6-7-18(20)23/h2-9,14H,10-13H2,1H3. The fourth-order valence-corrected chi connectivity index (χ4v) is 5.50. The van der Waals surface area contributed by atoms with Crippen LogP contribution in [0.15, 0.2) is 59.5 Å². The predicted octanol–water partition coefficient (Wildman–Crippen LogP) is 4.27. The Labute approximate surface area is 186 Å². The molecule has 0 radical (unpaired) electrons. The van der Waals surface area contributed by atoms with Crippen molar-refractivity contribution in [1.29, 1.82) is 0 Å². The Balaban J connectivity index is 1.45. The van der Waals surface area contributed by atoms with E-state index in [1.165, 1.54) is 22.0 Å². The van der Waals surface area contributed by atoms with Crippen molar-refractivity contribution in [3.63, 3.8) is 0 Å². The lowest BCUT2D eigenvalue weighted by molar-refractivity contribution is 0.383. The zero-order chi connectivity index (χ0) is 21.3. The Bertz CT molecular complexity index is 1140. The fourth-order valence-electron chi connectivity index (χ4n) is 3.34. The van der Waals surface area contributed by atoms with Crippen LogP contribution in [-0.2, 0) is 10.0 Å². The highest BCUT2D eigenvalue weighted by atomic mass is 35.5. The summed E-state index contributed by atoms with van der Waals surface area (Å²) in [6, 6.07) is 16.4. The van der Waals surface area contributed by atoms with Crippen molar-refractivity contribution in [3.05, 3.63) is 70.2 Å². The molecule has 0 N–H and O–H groups in total. The van der Waals surface area contributed by atoms with E-state index in [4.69, 9.17) is 23.2 Å². The average Bonchev–Trinajstić information content (AvgIpc) is 2.76. The Morgan fingerprint density at radius 1 is 0.867 bits per heavy atom. The van der Waals surface area contributed by atoms with Gasteiger partial charge in [-0.05, 0) is 37.3 Å². The Morgan fingerprint density at radius 3 is 2.20 bits per heavy atom. The lowest BCUT2D eigenvalue weighted by Gasteiger charge is -2.34. The van der Waals surface area contributed by atoms with Gasteiger partial charge >= 0.3 is 0 Å². The highest BCUT2D eigenvalue weighted by Crippen LogP contribution is 2.29. The van der Waals surface area contributed by atoms with Crippen molar-refractivity contribution in [3.8, 4) is 11.3 Å². The summed E-state index contributed by atoms with van der Waals surface area (Å²) in [5, 5.41) is 9.18. The van der Waals surface area contributed by atoms with Gasteiger partial charge in [-0.2, -0.15) is 4.31 Å². The molecule has 6 nitrogen and oxygen atoms in total. The SMILES string of the molecule is Cc1ccc(-c2ccc(N3CCN(S(=O)(=O)c4cc(Cl)ccc4Cl)CC3)nn2)cc1. The molecule has 0 spiro atoms. The smallest absolute Gasteiger partial charge is 0.244 e. The van der Waals surface area contributed by atoms with Gasteiger partial charge in [0.2, 0.25) is 10.0 Å². The third-order valence-corrected chi connectivity index (χ3v) is 7.69. The van der Waals surface area contributed by atoms with Crippen LogP contribution in [-0.4, -0.2) is 49.1 Å². The Morgan fingerprint density at radius 2 is 1.57 bits per heavy atom. The van der Waals surface area contributed by atoms with Crippen LogP contribution in [0, 0.1) is 6.92 Å². The van der Waals surface area contributed by atoms with Gasteiger partial charge in [0.05, 0.1) is 10.7 Å². The molecule has 1 saturated heterocycles. The first-order chi connectivity index (χ1) is 14.3. The zero-order valence-electron chi connectivity index (χ0n) is 16.3. The van der Waals surface area contributed by atoms with E-state index >= 15 is 0 Å². The first-order valence-electron chi connectivity index (χ1n) is 9.45. The van der Waals surface area contributed by atoms with E-state index in [1.807, 2.05) is 48.2 Å². The molecule has 1 aliphatic rings. The highest BCUT2D eigenvalue weighted by Gasteiger charge is 2.30. The number of aromatic nitrogens is 2. The van der Waals surface area contributed by atoms with Crippen LogP contribution in [0.3, 0.4) is 0 Å². The Hall–Kier alpha value is -2.19. The van der Waals surface area contributed by atoms with Gasteiger partial charge in [-0.25, -0.2) is 8.42 Å². The molecule has 0 unspecified atom stereocenters. The molecule has 0 saturated carbocycles. The third kappa shape index (κ3) is 4.30. The number of benzene rings is 2. The van der Waals surface area contributed by atoms with Crippen molar-refractivity contribution in [2.45, 2.75) is 11.8 Å². The summed E-state index contributed by atoms with van der Waals surface area (Å²) in [5.74, 6) is 0.726. The number of aryl methyl sites for hydroxylation is 1. The maximum absolute atomic E-state index is 13.0. The summed E-state index contributed by atoms with van der Waals surface area (Å²) in [6.07, 6.45) is 0. The number of halogens is 2. The van der Waals surface area contributed by atoms with Crippen LogP contribution in [0.5, 0.6) is 0 Å². The third-order valence-electron chi connectivity index (χ3n) is 5.07. The van der Waals surface area contributed by atoms with Gasteiger partial charge in [0.1, 0.15) is 4.90 Å². The largest absolute Gasteiger partial charge is 0.352 e. The van der Waals surface area contributed by atoms with Gasteiger partial charge < -0.3 is 4.90 Å². The number of rotatable bonds is 4. The second-order valence-corrected chi connectivity index (χ2v) is 9.86. The second kappa shape index (κ2) is 8.51. The maximum atomic E-state index is 13.0. The van der Waals surface area contributed by atoms with E-state index in [-0.39, 0.29) is 9.92 Å². The Kier molecular flexibility index (Phi) is 5.97. The summed E-state index contributed by atoms with van der Waals surface area (Å²) >= 11 is 12.1. The van der Waals surface area contributed by atoms with Crippen molar-refractivity contribution in [1.82, 2.24) is 14.5 Å². The molecule has 3 aromatic rings. The molecule has 2 aromatic carbocycles. The molecular formula is C21H20Cl2N4O2S. The molecule has 0 bridgehead atoms. The monoisotopic (exact) mass is 462 g/mol. The van der Waals surface area contributed by atoms with E-state index in [9.17, 15) is 8.42 Å². The molecule has 1 aromatic heterocycles. The molecule has 9 heteroatoms. The quantitative estimate of drug-likeness (QED) is 0.578. The summed E-state index contributed by atoms with van der Waals surface area (Å²) in [7, 11) is -3.71. The number of anilines is 1. The van der Waals surface area contributed by atoms with E-state index in [0.29, 0.717) is 31.2 Å². The molecule has 0 amide bonds. The maximum Gasteiger partial charge on any atom is 0.244 e. The van der Waals surface area contributed by atoms with Crippen molar-refractivity contribution in [2.24, 2.45) is 0 Å². The average molecular weight is 463 g/mol. The van der Waals surface area contributed by atoms with E-state index in [0.717, 1.165) is 17.1 Å². The van der Waals surface area contributed by atoms with Crippen LogP contribution in [0.25, 0.3) is 11.3 Å². The number of piperazine rings is 1. The van der Waals surface area contributed by atoms with Gasteiger partial charge in [-0.15, -0.1) is 10.2 Å². The summed E-state index contributed by atoms with van der Waals surface area (Å²) in [5.41, 5.74) is 3.00. The fraction of sp³-hybridized carbons (Fsp3) is 0.238. The normalized spacial score (nSPS) is 15.4. The molecule has 4 rings (SSSR count). The first kappa shape index (κ1) is 21.1. The van der Waals surface area contributed by atoms with Crippen LogP contribution in [0.2, 0.25) is 10.0 Å². The minimum absolute atomic E-state index is 0.0346. The van der Waals surface area contributed by atoms with Crippen molar-refractivity contribution >= 4 is 39.0 Å². The molecule has 0 atom stereocenters.